The molecular formula is C17H36NOZr. The van der Waals surface area contributed by atoms with E-state index in [0.29, 0.717) is 6.04 Å². The number of hydrogen-bond acceptors (Lipinski definition) is 2. The fraction of sp³-hybridized carbons (Fsp3) is 1.00. The van der Waals surface area contributed by atoms with Gasteiger partial charge in [-0.05, 0) is 0 Å². The molecule has 0 spiro atoms. The van der Waals surface area contributed by atoms with Crippen LogP contribution in [0.5, 0.6) is 0 Å². The first kappa shape index (κ1) is 18.9. The van der Waals surface area contributed by atoms with Crippen molar-refractivity contribution in [3.05, 3.63) is 0 Å². The standard InChI is InChI=1S/C9H18NO.2C4H9.Zr/c1-8(11)7-10-9-5-3-2-4-6-9;2*1-4(2)3;/h9-11H,2-7H2,1H3;2*4H,1H2,2-3H3;. The number of aliphatic hydroxyl groups is 1. The summed E-state index contributed by atoms with van der Waals surface area (Å²) in [6.07, 6.45) is 6.75. The van der Waals surface area contributed by atoms with Gasteiger partial charge in [-0.1, -0.05) is 0 Å². The quantitative estimate of drug-likeness (QED) is 0.672. The molecule has 0 bridgehead atoms. The Kier molecular flexibility index (Phi) is 8.54. The van der Waals surface area contributed by atoms with Crippen LogP contribution in [0.25, 0.3) is 0 Å². The average molecular weight is 362 g/mol. The van der Waals surface area contributed by atoms with Gasteiger partial charge in [-0.25, -0.2) is 0 Å². The molecule has 3 heteroatoms. The maximum absolute atomic E-state index is 11.0. The molecule has 2 nitrogen and oxygen atoms in total. The minimum absolute atomic E-state index is 0.381. The van der Waals surface area contributed by atoms with E-state index in [2.05, 4.69) is 39.9 Å². The molecule has 119 valence electrons. The normalized spacial score (nSPS) is 20.4. The monoisotopic (exact) mass is 360 g/mol. The fourth-order valence-corrected chi connectivity index (χ4v) is 11.6. The molecule has 2 N–H and O–H groups in total. The van der Waals surface area contributed by atoms with Crippen molar-refractivity contribution >= 4 is 0 Å². The molecule has 0 radical (unpaired) electrons. The van der Waals surface area contributed by atoms with Gasteiger partial charge in [0, 0.05) is 0 Å². The Morgan fingerprint density at radius 2 is 1.55 bits per heavy atom. The van der Waals surface area contributed by atoms with E-state index in [4.69, 9.17) is 0 Å². The van der Waals surface area contributed by atoms with Crippen molar-refractivity contribution in [3.63, 3.8) is 0 Å². The van der Waals surface area contributed by atoms with E-state index < -0.39 is 21.8 Å². The predicted molar refractivity (Wildman–Crippen MR) is 84.8 cm³/mol. The molecule has 1 fully saturated rings. The Bertz CT molecular complexity index is 250. The molecule has 0 aromatic carbocycles. The molecule has 0 aromatic rings. The fourth-order valence-electron chi connectivity index (χ4n) is 3.28. The van der Waals surface area contributed by atoms with Crippen LogP contribution in [0.1, 0.15) is 66.7 Å². The Labute approximate surface area is 134 Å². The molecule has 1 atom stereocenters. The van der Waals surface area contributed by atoms with Crippen LogP contribution in [0.15, 0.2) is 0 Å². The third-order valence-electron chi connectivity index (χ3n) is 4.41. The van der Waals surface area contributed by atoms with E-state index in [1.807, 2.05) is 0 Å². The minimum atomic E-state index is -1.78. The zero-order chi connectivity index (χ0) is 15.2. The van der Waals surface area contributed by atoms with Crippen molar-refractivity contribution in [1.29, 1.82) is 0 Å². The summed E-state index contributed by atoms with van der Waals surface area (Å²) < 4.78 is 2.26. The van der Waals surface area contributed by atoms with Gasteiger partial charge in [0.25, 0.3) is 0 Å². The third-order valence-corrected chi connectivity index (χ3v) is 15.0. The molecule has 1 saturated carbocycles. The summed E-state index contributed by atoms with van der Waals surface area (Å²) in [6, 6.07) is 0.665. The van der Waals surface area contributed by atoms with E-state index in [9.17, 15) is 5.11 Å². The van der Waals surface area contributed by atoms with E-state index in [1.54, 1.807) is 0 Å². The van der Waals surface area contributed by atoms with Crippen molar-refractivity contribution in [1.82, 2.24) is 5.32 Å². The van der Waals surface area contributed by atoms with Gasteiger partial charge in [0.1, 0.15) is 0 Å². The molecule has 1 aliphatic carbocycles. The van der Waals surface area contributed by atoms with Gasteiger partial charge in [-0.15, -0.1) is 0 Å². The average Bonchev–Trinajstić information content (AvgIpc) is 2.36. The zero-order valence-electron chi connectivity index (χ0n) is 14.3. The van der Waals surface area contributed by atoms with E-state index in [-0.39, 0.29) is 3.31 Å². The molecular weight excluding hydrogens is 325 g/mol. The summed E-state index contributed by atoms with van der Waals surface area (Å²) >= 11 is -1.78. The van der Waals surface area contributed by atoms with E-state index in [1.165, 1.54) is 40.4 Å². The summed E-state index contributed by atoms with van der Waals surface area (Å²) in [6.45, 7) is 12.2. The summed E-state index contributed by atoms with van der Waals surface area (Å²) in [5.74, 6) is 1.48. The predicted octanol–water partition coefficient (Wildman–Crippen LogP) is 4.38. The molecule has 0 amide bonds. The van der Waals surface area contributed by atoms with Crippen molar-refractivity contribution in [2.45, 2.75) is 84.3 Å². The molecule has 0 heterocycles. The maximum atomic E-state index is 11.0. The second kappa shape index (κ2) is 9.06. The molecule has 1 aliphatic rings. The van der Waals surface area contributed by atoms with Gasteiger partial charge >= 0.3 is 135 Å². The van der Waals surface area contributed by atoms with Gasteiger partial charge in [0.05, 0.1) is 0 Å². The first-order valence-electron chi connectivity index (χ1n) is 8.62. The van der Waals surface area contributed by atoms with Crippen LogP contribution in [-0.4, -0.2) is 21.0 Å². The third kappa shape index (κ3) is 7.18. The summed E-state index contributed by atoms with van der Waals surface area (Å²) in [4.78, 5) is 0. The van der Waals surface area contributed by atoms with Gasteiger partial charge in [-0.3, -0.25) is 0 Å². The number of rotatable bonds is 8. The van der Waals surface area contributed by atoms with Crippen molar-refractivity contribution < 1.29 is 26.9 Å². The van der Waals surface area contributed by atoms with Crippen LogP contribution >= 0.6 is 0 Å². The van der Waals surface area contributed by atoms with Gasteiger partial charge < -0.3 is 0 Å². The Morgan fingerprint density at radius 1 is 1.05 bits per heavy atom. The molecule has 0 aromatic heterocycles. The van der Waals surface area contributed by atoms with Crippen molar-refractivity contribution in [2.75, 3.05) is 6.54 Å². The second-order valence-electron chi connectivity index (χ2n) is 7.79. The van der Waals surface area contributed by atoms with Crippen LogP contribution < -0.4 is 5.32 Å². The van der Waals surface area contributed by atoms with E-state index in [0.717, 1.165) is 18.4 Å². The topological polar surface area (TPSA) is 32.3 Å². The summed E-state index contributed by atoms with van der Waals surface area (Å²) in [5.41, 5.74) is 0. The molecule has 20 heavy (non-hydrogen) atoms. The van der Waals surface area contributed by atoms with Crippen LogP contribution in [-0.2, 0) is 21.8 Å². The molecule has 1 unspecified atom stereocenters. The van der Waals surface area contributed by atoms with Crippen LogP contribution in [0, 0.1) is 11.8 Å². The van der Waals surface area contributed by atoms with Crippen LogP contribution in [0.3, 0.4) is 0 Å². The van der Waals surface area contributed by atoms with Crippen molar-refractivity contribution in [3.8, 4) is 0 Å². The Balaban J connectivity index is 2.51. The van der Waals surface area contributed by atoms with E-state index >= 15 is 0 Å². The Hall–Kier alpha value is 0.803. The molecule has 0 saturated heterocycles. The van der Waals surface area contributed by atoms with Crippen LogP contribution in [0.4, 0.5) is 0 Å². The van der Waals surface area contributed by atoms with Gasteiger partial charge in [0.15, 0.2) is 0 Å². The molecule has 1 rings (SSSR count). The zero-order valence-corrected chi connectivity index (χ0v) is 16.8. The second-order valence-corrected chi connectivity index (χ2v) is 15.4. The van der Waals surface area contributed by atoms with Crippen molar-refractivity contribution in [2.24, 2.45) is 11.8 Å². The SMILES string of the molecule is CC(C)[CH2][Zr]([CH2]C(C)C)[C](C)(O)CNC1CCCCC1. The van der Waals surface area contributed by atoms with Gasteiger partial charge in [-0.2, -0.15) is 0 Å². The number of hydrogen-bond donors (Lipinski definition) is 2. The first-order chi connectivity index (χ1) is 9.31. The first-order valence-corrected chi connectivity index (χ1v) is 13.3. The van der Waals surface area contributed by atoms with Crippen LogP contribution in [0.2, 0.25) is 8.26 Å². The Morgan fingerprint density at radius 3 is 2.00 bits per heavy atom. The van der Waals surface area contributed by atoms with Gasteiger partial charge in [0.2, 0.25) is 0 Å². The summed E-state index contributed by atoms with van der Waals surface area (Å²) in [7, 11) is 0. The summed E-state index contributed by atoms with van der Waals surface area (Å²) in [5, 5.41) is 14.7. The molecule has 0 aliphatic heterocycles. The number of nitrogens with one attached hydrogen (secondary N) is 1.